The van der Waals surface area contributed by atoms with Gasteiger partial charge in [-0.05, 0) is 37.8 Å². The SMILES string of the molecule is O=c1c2ccccc2nc(SC[C@H]2CCCO2)n1C1CC1. The summed E-state index contributed by atoms with van der Waals surface area (Å²) in [5.41, 5.74) is 0.909. The predicted molar refractivity (Wildman–Crippen MR) is 84.0 cm³/mol. The molecule has 2 fully saturated rings. The summed E-state index contributed by atoms with van der Waals surface area (Å²) < 4.78 is 7.58. The molecule has 2 aliphatic rings. The van der Waals surface area contributed by atoms with Crippen molar-refractivity contribution in [3.63, 3.8) is 0 Å². The quantitative estimate of drug-likeness (QED) is 0.643. The minimum absolute atomic E-state index is 0.109. The second-order valence-electron chi connectivity index (χ2n) is 5.76. The molecule has 1 saturated heterocycles. The van der Waals surface area contributed by atoms with Crippen LogP contribution in [0.25, 0.3) is 10.9 Å². The van der Waals surface area contributed by atoms with Gasteiger partial charge in [0.25, 0.3) is 5.56 Å². The molecule has 4 rings (SSSR count). The third-order valence-corrected chi connectivity index (χ3v) is 5.19. The summed E-state index contributed by atoms with van der Waals surface area (Å²) in [6, 6.07) is 7.98. The number of fused-ring (bicyclic) bond motifs is 1. The minimum Gasteiger partial charge on any atom is -0.377 e. The van der Waals surface area contributed by atoms with Gasteiger partial charge in [-0.25, -0.2) is 4.98 Å². The van der Waals surface area contributed by atoms with Crippen LogP contribution in [0.5, 0.6) is 0 Å². The highest BCUT2D eigenvalue weighted by Gasteiger charge is 2.29. The highest BCUT2D eigenvalue weighted by atomic mass is 32.2. The topological polar surface area (TPSA) is 44.1 Å². The van der Waals surface area contributed by atoms with Crippen LogP contribution in [-0.2, 0) is 4.74 Å². The van der Waals surface area contributed by atoms with Gasteiger partial charge in [-0.3, -0.25) is 9.36 Å². The maximum atomic E-state index is 12.7. The molecule has 110 valence electrons. The van der Waals surface area contributed by atoms with Crippen LogP contribution >= 0.6 is 11.8 Å². The van der Waals surface area contributed by atoms with E-state index in [2.05, 4.69) is 0 Å². The molecule has 2 heterocycles. The van der Waals surface area contributed by atoms with E-state index in [-0.39, 0.29) is 5.56 Å². The lowest BCUT2D eigenvalue weighted by molar-refractivity contribution is 0.129. The fourth-order valence-electron chi connectivity index (χ4n) is 2.83. The molecule has 4 nitrogen and oxygen atoms in total. The van der Waals surface area contributed by atoms with Crippen molar-refractivity contribution in [2.45, 2.75) is 43.0 Å². The van der Waals surface area contributed by atoms with Crippen molar-refractivity contribution in [3.8, 4) is 0 Å². The number of hydrogen-bond donors (Lipinski definition) is 0. The first-order valence-electron chi connectivity index (χ1n) is 7.58. The molecular formula is C16H18N2O2S. The van der Waals surface area contributed by atoms with Crippen LogP contribution < -0.4 is 5.56 Å². The Kier molecular flexibility index (Phi) is 3.47. The number of ether oxygens (including phenoxy) is 1. The Morgan fingerprint density at radius 1 is 1.29 bits per heavy atom. The summed E-state index contributed by atoms with van der Waals surface area (Å²) in [4.78, 5) is 17.4. The molecule has 0 N–H and O–H groups in total. The first kappa shape index (κ1) is 13.3. The Hall–Kier alpha value is -1.33. The number of benzene rings is 1. The van der Waals surface area contributed by atoms with Crippen LogP contribution in [0.15, 0.2) is 34.2 Å². The zero-order valence-corrected chi connectivity index (χ0v) is 12.6. The molecular weight excluding hydrogens is 284 g/mol. The van der Waals surface area contributed by atoms with Gasteiger partial charge in [0.2, 0.25) is 0 Å². The third-order valence-electron chi connectivity index (χ3n) is 4.11. The summed E-state index contributed by atoms with van der Waals surface area (Å²) >= 11 is 1.67. The van der Waals surface area contributed by atoms with Gasteiger partial charge in [0.15, 0.2) is 5.16 Å². The molecule has 1 aliphatic heterocycles. The third kappa shape index (κ3) is 2.60. The lowest BCUT2D eigenvalue weighted by Gasteiger charge is -2.14. The van der Waals surface area contributed by atoms with Crippen LogP contribution in [0.2, 0.25) is 0 Å². The Morgan fingerprint density at radius 2 is 2.14 bits per heavy atom. The number of hydrogen-bond acceptors (Lipinski definition) is 4. The lowest BCUT2D eigenvalue weighted by atomic mass is 10.2. The molecule has 1 saturated carbocycles. The lowest BCUT2D eigenvalue weighted by Crippen LogP contribution is -2.23. The van der Waals surface area contributed by atoms with Crippen LogP contribution in [0.1, 0.15) is 31.7 Å². The Labute approximate surface area is 127 Å². The Bertz CT molecular complexity index is 718. The summed E-state index contributed by atoms with van der Waals surface area (Å²) in [6.45, 7) is 0.867. The molecule has 5 heteroatoms. The van der Waals surface area contributed by atoms with E-state index in [9.17, 15) is 4.79 Å². The zero-order chi connectivity index (χ0) is 14.2. The molecule has 0 unspecified atom stereocenters. The molecule has 1 atom stereocenters. The first-order chi connectivity index (χ1) is 10.3. The van der Waals surface area contributed by atoms with Crippen molar-refractivity contribution in [1.82, 2.24) is 9.55 Å². The highest BCUT2D eigenvalue weighted by molar-refractivity contribution is 7.99. The summed E-state index contributed by atoms with van der Waals surface area (Å²) in [5.74, 6) is 0.886. The van der Waals surface area contributed by atoms with Gasteiger partial charge in [-0.15, -0.1) is 0 Å². The molecule has 1 aromatic carbocycles. The number of nitrogens with zero attached hydrogens (tertiary/aromatic N) is 2. The van der Waals surface area contributed by atoms with E-state index in [0.717, 1.165) is 54.1 Å². The monoisotopic (exact) mass is 302 g/mol. The second-order valence-corrected chi connectivity index (χ2v) is 6.75. The highest BCUT2D eigenvalue weighted by Crippen LogP contribution is 2.37. The largest absolute Gasteiger partial charge is 0.377 e. The normalized spacial score (nSPS) is 22.0. The van der Waals surface area contributed by atoms with Crippen molar-refractivity contribution in [1.29, 1.82) is 0 Å². The van der Waals surface area contributed by atoms with Crippen molar-refractivity contribution in [2.24, 2.45) is 0 Å². The van der Waals surface area contributed by atoms with Gasteiger partial charge in [0.05, 0.1) is 17.0 Å². The van der Waals surface area contributed by atoms with E-state index >= 15 is 0 Å². The standard InChI is InChI=1S/C16H18N2O2S/c19-15-13-5-1-2-6-14(13)17-16(18(15)11-7-8-11)21-10-12-4-3-9-20-12/h1-2,5-6,11-12H,3-4,7-10H2/t12-/m1/s1. The van der Waals surface area contributed by atoms with Gasteiger partial charge in [0.1, 0.15) is 0 Å². The van der Waals surface area contributed by atoms with E-state index in [1.54, 1.807) is 11.8 Å². The van der Waals surface area contributed by atoms with Crippen molar-refractivity contribution < 1.29 is 4.74 Å². The maximum Gasteiger partial charge on any atom is 0.262 e. The molecule has 21 heavy (non-hydrogen) atoms. The number of thioether (sulfide) groups is 1. The van der Waals surface area contributed by atoms with E-state index in [1.807, 2.05) is 28.8 Å². The van der Waals surface area contributed by atoms with Gasteiger partial charge >= 0.3 is 0 Å². The van der Waals surface area contributed by atoms with Gasteiger partial charge in [-0.1, -0.05) is 23.9 Å². The smallest absolute Gasteiger partial charge is 0.262 e. The van der Waals surface area contributed by atoms with E-state index < -0.39 is 0 Å². The molecule has 0 amide bonds. The van der Waals surface area contributed by atoms with Crippen molar-refractivity contribution >= 4 is 22.7 Å². The molecule has 0 bridgehead atoms. The van der Waals surface area contributed by atoms with Crippen LogP contribution in [0.4, 0.5) is 0 Å². The summed E-state index contributed by atoms with van der Waals surface area (Å²) in [7, 11) is 0. The van der Waals surface area contributed by atoms with Crippen molar-refractivity contribution in [3.05, 3.63) is 34.6 Å². The van der Waals surface area contributed by atoms with Crippen molar-refractivity contribution in [2.75, 3.05) is 12.4 Å². The van der Waals surface area contributed by atoms with Crippen LogP contribution in [0, 0.1) is 0 Å². The van der Waals surface area contributed by atoms with E-state index in [0.29, 0.717) is 12.1 Å². The summed E-state index contributed by atoms with van der Waals surface area (Å²) in [6.07, 6.45) is 4.76. The number of rotatable bonds is 4. The average molecular weight is 302 g/mol. The fourth-order valence-corrected chi connectivity index (χ4v) is 3.96. The molecule has 1 aliphatic carbocycles. The average Bonchev–Trinajstić information content (AvgIpc) is 3.20. The zero-order valence-electron chi connectivity index (χ0n) is 11.8. The first-order valence-corrected chi connectivity index (χ1v) is 8.57. The molecule has 0 radical (unpaired) electrons. The van der Waals surface area contributed by atoms with Gasteiger partial charge < -0.3 is 4.74 Å². The predicted octanol–water partition coefficient (Wildman–Crippen LogP) is 3.00. The van der Waals surface area contributed by atoms with E-state index in [4.69, 9.17) is 9.72 Å². The molecule has 0 spiro atoms. The molecule has 2 aromatic rings. The van der Waals surface area contributed by atoms with Crippen LogP contribution in [-0.4, -0.2) is 28.0 Å². The maximum absolute atomic E-state index is 12.7. The number of aromatic nitrogens is 2. The van der Waals surface area contributed by atoms with Gasteiger partial charge in [-0.2, -0.15) is 0 Å². The summed E-state index contributed by atoms with van der Waals surface area (Å²) in [5, 5.41) is 1.59. The Morgan fingerprint density at radius 3 is 2.90 bits per heavy atom. The fraction of sp³-hybridized carbons (Fsp3) is 0.500. The minimum atomic E-state index is 0.109. The molecule has 1 aromatic heterocycles. The number of para-hydroxylation sites is 1. The second kappa shape index (κ2) is 5.46. The van der Waals surface area contributed by atoms with Gasteiger partial charge in [0, 0.05) is 18.4 Å². The Balaban J connectivity index is 1.71. The van der Waals surface area contributed by atoms with Crippen LogP contribution in [0.3, 0.4) is 0 Å². The van der Waals surface area contributed by atoms with E-state index in [1.165, 1.54) is 0 Å².